The van der Waals surface area contributed by atoms with Crippen LogP contribution in [0.5, 0.6) is 5.75 Å². The average molecular weight is 449 g/mol. The van der Waals surface area contributed by atoms with Crippen molar-refractivity contribution in [2.75, 3.05) is 13.1 Å². The van der Waals surface area contributed by atoms with Crippen LogP contribution in [0, 0.1) is 25.7 Å². The zero-order valence-electron chi connectivity index (χ0n) is 17.1. The molecule has 1 saturated carbocycles. The van der Waals surface area contributed by atoms with Gasteiger partial charge in [0.1, 0.15) is 6.33 Å². The molecule has 1 aliphatic carbocycles. The Morgan fingerprint density at radius 3 is 2.33 bits per heavy atom. The number of carbonyl (C=O) groups is 2. The lowest BCUT2D eigenvalue weighted by Gasteiger charge is -2.36. The molecule has 7 nitrogen and oxygen atoms in total. The fraction of sp³-hybridized carbons (Fsp3) is 0.524. The molecule has 1 aliphatic heterocycles. The molecule has 160 valence electrons. The van der Waals surface area contributed by atoms with E-state index in [1.54, 1.807) is 30.9 Å². The first-order chi connectivity index (χ1) is 14.4. The fourth-order valence-electron chi connectivity index (χ4n) is 4.06. The molecule has 1 atom stereocenters. The molecular formula is C21H25ClN4O3S. The van der Waals surface area contributed by atoms with E-state index in [-0.39, 0.29) is 18.0 Å². The number of nitrogens with one attached hydrogen (secondary N) is 1. The lowest BCUT2D eigenvalue weighted by molar-refractivity contribution is 0.0874. The monoisotopic (exact) mass is 448 g/mol. The number of ether oxygens (including phenoxy) is 1. The standard InChI is InChI=1S/C21H25ClN4O3S/c1-12-19(13(2)24-11-23-12)29-21(28)26-9-7-15(8-10-26)18(14-3-4-14)25-20(27)16-5-6-17(22)30-16/h5-6,11,14-15,18H,3-4,7-10H2,1-2H3,(H,25,27). The lowest BCUT2D eigenvalue weighted by Crippen LogP contribution is -2.48. The van der Waals surface area contributed by atoms with Crippen LogP contribution in [0.15, 0.2) is 18.5 Å². The fourth-order valence-corrected chi connectivity index (χ4v) is 5.00. The first-order valence-corrected chi connectivity index (χ1v) is 11.4. The number of carbonyl (C=O) groups excluding carboxylic acids is 2. The molecule has 2 aromatic rings. The average Bonchev–Trinajstić information content (AvgIpc) is 3.48. The number of hydrogen-bond donors (Lipinski definition) is 1. The van der Waals surface area contributed by atoms with Gasteiger partial charge in [0.25, 0.3) is 5.91 Å². The van der Waals surface area contributed by atoms with Crippen molar-refractivity contribution >= 4 is 34.9 Å². The van der Waals surface area contributed by atoms with Crippen molar-refractivity contribution in [2.24, 2.45) is 11.8 Å². The minimum absolute atomic E-state index is 0.0549. The van der Waals surface area contributed by atoms with Gasteiger partial charge in [0.05, 0.1) is 20.6 Å². The minimum atomic E-state index is -0.366. The summed E-state index contributed by atoms with van der Waals surface area (Å²) in [6, 6.07) is 3.66. The number of halogens is 1. The maximum absolute atomic E-state index is 12.6. The lowest BCUT2D eigenvalue weighted by atomic mass is 9.86. The zero-order chi connectivity index (χ0) is 21.3. The van der Waals surface area contributed by atoms with Gasteiger partial charge in [0.2, 0.25) is 0 Å². The molecule has 0 aromatic carbocycles. The van der Waals surface area contributed by atoms with Crippen LogP contribution in [-0.2, 0) is 0 Å². The van der Waals surface area contributed by atoms with E-state index in [4.69, 9.17) is 16.3 Å². The molecule has 0 bridgehead atoms. The summed E-state index contributed by atoms with van der Waals surface area (Å²) in [6.45, 7) is 4.82. The third-order valence-corrected chi connectivity index (χ3v) is 7.11. The summed E-state index contributed by atoms with van der Waals surface area (Å²) in [4.78, 5) is 35.8. The molecule has 0 spiro atoms. The summed E-state index contributed by atoms with van der Waals surface area (Å²) in [6.07, 6.45) is 5.06. The second-order valence-electron chi connectivity index (χ2n) is 8.01. The maximum Gasteiger partial charge on any atom is 0.415 e. The Balaban J connectivity index is 1.34. The van der Waals surface area contributed by atoms with Gasteiger partial charge in [-0.2, -0.15) is 0 Å². The Morgan fingerprint density at radius 2 is 1.77 bits per heavy atom. The molecule has 9 heteroatoms. The highest BCUT2D eigenvalue weighted by Crippen LogP contribution is 2.39. The van der Waals surface area contributed by atoms with Gasteiger partial charge in [-0.1, -0.05) is 11.6 Å². The molecule has 30 heavy (non-hydrogen) atoms. The van der Waals surface area contributed by atoms with E-state index in [1.165, 1.54) is 17.7 Å². The summed E-state index contributed by atoms with van der Waals surface area (Å²) >= 11 is 7.27. The third kappa shape index (κ3) is 4.75. The van der Waals surface area contributed by atoms with Crippen LogP contribution in [0.25, 0.3) is 0 Å². The number of hydrogen-bond acceptors (Lipinski definition) is 6. The number of thiophene rings is 1. The molecule has 1 N–H and O–H groups in total. The maximum atomic E-state index is 12.6. The Bertz CT molecular complexity index is 918. The van der Waals surface area contributed by atoms with Gasteiger partial charge in [0.15, 0.2) is 5.75 Å². The summed E-state index contributed by atoms with van der Waals surface area (Å²) < 4.78 is 6.19. The van der Waals surface area contributed by atoms with E-state index < -0.39 is 0 Å². The van der Waals surface area contributed by atoms with Gasteiger partial charge in [-0.3, -0.25) is 4.79 Å². The smallest absolute Gasteiger partial charge is 0.406 e. The van der Waals surface area contributed by atoms with E-state index in [1.807, 2.05) is 0 Å². The number of amides is 2. The van der Waals surface area contributed by atoms with Crippen LogP contribution < -0.4 is 10.1 Å². The summed E-state index contributed by atoms with van der Waals surface area (Å²) in [7, 11) is 0. The van der Waals surface area contributed by atoms with Crippen LogP contribution in [0.1, 0.15) is 46.7 Å². The molecule has 2 fully saturated rings. The van der Waals surface area contributed by atoms with E-state index in [0.29, 0.717) is 51.3 Å². The molecular weight excluding hydrogens is 424 g/mol. The number of likely N-dealkylation sites (tertiary alicyclic amines) is 1. The Labute approximate surface area is 184 Å². The number of nitrogens with zero attached hydrogens (tertiary/aromatic N) is 3. The Kier molecular flexibility index (Phi) is 6.24. The SMILES string of the molecule is Cc1ncnc(C)c1OC(=O)N1CCC(C(NC(=O)c2ccc(Cl)s2)C2CC2)CC1. The first kappa shape index (κ1) is 21.1. The molecule has 2 amide bonds. The highest BCUT2D eigenvalue weighted by Gasteiger charge is 2.39. The summed E-state index contributed by atoms with van der Waals surface area (Å²) in [5.41, 5.74) is 1.30. The van der Waals surface area contributed by atoms with Crippen LogP contribution >= 0.6 is 22.9 Å². The normalized spacial score (nSPS) is 18.2. The second-order valence-corrected chi connectivity index (χ2v) is 9.72. The molecule has 2 aromatic heterocycles. The highest BCUT2D eigenvalue weighted by molar-refractivity contribution is 7.18. The van der Waals surface area contributed by atoms with Crippen LogP contribution in [-0.4, -0.2) is 46.0 Å². The van der Waals surface area contributed by atoms with Crippen molar-refractivity contribution in [3.63, 3.8) is 0 Å². The largest absolute Gasteiger partial charge is 0.415 e. The van der Waals surface area contributed by atoms with E-state index >= 15 is 0 Å². The molecule has 3 heterocycles. The summed E-state index contributed by atoms with van der Waals surface area (Å²) in [5, 5.41) is 3.24. The number of piperidine rings is 1. The van der Waals surface area contributed by atoms with Crippen molar-refractivity contribution in [3.8, 4) is 5.75 Å². The van der Waals surface area contributed by atoms with Gasteiger partial charge in [-0.05, 0) is 63.5 Å². The number of rotatable bonds is 5. The van der Waals surface area contributed by atoms with Crippen molar-refractivity contribution in [2.45, 2.75) is 45.6 Å². The van der Waals surface area contributed by atoms with Gasteiger partial charge in [-0.25, -0.2) is 14.8 Å². The molecule has 2 aliphatic rings. The third-order valence-electron chi connectivity index (χ3n) is 5.88. The first-order valence-electron chi connectivity index (χ1n) is 10.2. The van der Waals surface area contributed by atoms with E-state index in [2.05, 4.69) is 15.3 Å². The zero-order valence-corrected chi connectivity index (χ0v) is 18.6. The van der Waals surface area contributed by atoms with Crippen molar-refractivity contribution in [3.05, 3.63) is 39.1 Å². The van der Waals surface area contributed by atoms with Crippen LogP contribution in [0.2, 0.25) is 4.34 Å². The number of aryl methyl sites for hydroxylation is 2. The van der Waals surface area contributed by atoms with Crippen molar-refractivity contribution < 1.29 is 14.3 Å². The van der Waals surface area contributed by atoms with Gasteiger partial charge in [0, 0.05) is 19.1 Å². The van der Waals surface area contributed by atoms with Crippen LogP contribution in [0.3, 0.4) is 0 Å². The summed E-state index contributed by atoms with van der Waals surface area (Å²) in [5.74, 6) is 1.26. The Morgan fingerprint density at radius 1 is 1.13 bits per heavy atom. The van der Waals surface area contributed by atoms with Gasteiger partial charge >= 0.3 is 6.09 Å². The van der Waals surface area contributed by atoms with E-state index in [0.717, 1.165) is 25.7 Å². The van der Waals surface area contributed by atoms with Crippen molar-refractivity contribution in [1.82, 2.24) is 20.2 Å². The molecule has 1 unspecified atom stereocenters. The van der Waals surface area contributed by atoms with Gasteiger partial charge in [-0.15, -0.1) is 11.3 Å². The molecule has 1 saturated heterocycles. The van der Waals surface area contributed by atoms with Crippen LogP contribution in [0.4, 0.5) is 4.79 Å². The minimum Gasteiger partial charge on any atom is -0.406 e. The predicted octanol–water partition coefficient (Wildman–Crippen LogP) is 4.23. The van der Waals surface area contributed by atoms with E-state index in [9.17, 15) is 9.59 Å². The van der Waals surface area contributed by atoms with Crippen molar-refractivity contribution in [1.29, 1.82) is 0 Å². The second kappa shape index (κ2) is 8.89. The van der Waals surface area contributed by atoms with Gasteiger partial charge < -0.3 is 15.0 Å². The number of aromatic nitrogens is 2. The molecule has 0 radical (unpaired) electrons. The Hall–Kier alpha value is -2.19. The predicted molar refractivity (Wildman–Crippen MR) is 115 cm³/mol. The highest BCUT2D eigenvalue weighted by atomic mass is 35.5. The molecule has 4 rings (SSSR count). The quantitative estimate of drug-likeness (QED) is 0.739. The topological polar surface area (TPSA) is 84.4 Å².